The topological polar surface area (TPSA) is 23.5 Å². The van der Waals surface area contributed by atoms with E-state index in [1.165, 1.54) is 51.5 Å². The van der Waals surface area contributed by atoms with Gasteiger partial charge in [-0.05, 0) is 45.2 Å². The minimum Gasteiger partial charge on any atom is -0.396 e. The van der Waals surface area contributed by atoms with Crippen molar-refractivity contribution in [2.45, 2.75) is 44.9 Å². The molecule has 0 aromatic heterocycles. The molecule has 1 N–H and O–H groups in total. The summed E-state index contributed by atoms with van der Waals surface area (Å²) in [5.74, 6) is 0.791. The monoisotopic (exact) mass is 211 g/mol. The first-order valence-electron chi connectivity index (χ1n) is 6.56. The molecule has 88 valence electrons. The standard InChI is InChI=1S/C13H25NO/c1-14-9-5-8-13(10-14,11-15)12-6-3-2-4-7-12/h12,15H,2-11H2,1H3. The van der Waals surface area contributed by atoms with Crippen molar-refractivity contribution < 1.29 is 5.11 Å². The highest BCUT2D eigenvalue weighted by molar-refractivity contribution is 4.92. The zero-order valence-corrected chi connectivity index (χ0v) is 10.0. The predicted octanol–water partition coefficient (Wildman–Crippen LogP) is 2.27. The van der Waals surface area contributed by atoms with Crippen molar-refractivity contribution >= 4 is 0 Å². The van der Waals surface area contributed by atoms with Crippen LogP contribution in [0, 0.1) is 11.3 Å². The van der Waals surface area contributed by atoms with E-state index in [0.29, 0.717) is 6.61 Å². The number of nitrogens with zero attached hydrogens (tertiary/aromatic N) is 1. The second-order valence-electron chi connectivity index (χ2n) is 5.70. The molecule has 1 aliphatic carbocycles. The molecule has 2 heteroatoms. The summed E-state index contributed by atoms with van der Waals surface area (Å²) in [7, 11) is 2.20. The molecule has 0 bridgehead atoms. The lowest BCUT2D eigenvalue weighted by atomic mass is 9.65. The molecule has 0 spiro atoms. The molecule has 2 aliphatic rings. The molecule has 1 heterocycles. The highest BCUT2D eigenvalue weighted by Crippen LogP contribution is 2.43. The van der Waals surface area contributed by atoms with Crippen molar-refractivity contribution in [1.82, 2.24) is 4.90 Å². The Labute approximate surface area is 93.7 Å². The third-order valence-electron chi connectivity index (χ3n) is 4.59. The Morgan fingerprint density at radius 2 is 1.93 bits per heavy atom. The van der Waals surface area contributed by atoms with E-state index in [-0.39, 0.29) is 5.41 Å². The number of likely N-dealkylation sites (tertiary alicyclic amines) is 1. The molecule has 2 nitrogen and oxygen atoms in total. The van der Waals surface area contributed by atoms with E-state index in [2.05, 4.69) is 11.9 Å². The van der Waals surface area contributed by atoms with Crippen LogP contribution in [0.4, 0.5) is 0 Å². The first kappa shape index (κ1) is 11.4. The van der Waals surface area contributed by atoms with Gasteiger partial charge in [-0.1, -0.05) is 19.3 Å². The van der Waals surface area contributed by atoms with E-state index in [0.717, 1.165) is 12.5 Å². The lowest BCUT2D eigenvalue weighted by Crippen LogP contribution is -2.48. The smallest absolute Gasteiger partial charge is 0.0502 e. The van der Waals surface area contributed by atoms with Gasteiger partial charge in [0, 0.05) is 12.0 Å². The molecule has 1 unspecified atom stereocenters. The summed E-state index contributed by atoms with van der Waals surface area (Å²) in [5, 5.41) is 9.78. The predicted molar refractivity (Wildman–Crippen MR) is 62.8 cm³/mol. The Kier molecular flexibility index (Phi) is 3.68. The fraction of sp³-hybridized carbons (Fsp3) is 1.00. The molecule has 0 amide bonds. The Balaban J connectivity index is 2.04. The van der Waals surface area contributed by atoms with Crippen LogP contribution in [0.3, 0.4) is 0 Å². The summed E-state index contributed by atoms with van der Waals surface area (Å²) >= 11 is 0. The van der Waals surface area contributed by atoms with Crippen molar-refractivity contribution in [3.63, 3.8) is 0 Å². The van der Waals surface area contributed by atoms with Crippen molar-refractivity contribution in [1.29, 1.82) is 0 Å². The van der Waals surface area contributed by atoms with Gasteiger partial charge in [-0.15, -0.1) is 0 Å². The van der Waals surface area contributed by atoms with Crippen molar-refractivity contribution in [2.24, 2.45) is 11.3 Å². The van der Waals surface area contributed by atoms with Crippen LogP contribution in [-0.4, -0.2) is 36.8 Å². The third-order valence-corrected chi connectivity index (χ3v) is 4.59. The SMILES string of the molecule is CN1CCCC(CO)(C2CCCCC2)C1. The molecule has 0 aromatic rings. The van der Waals surface area contributed by atoms with E-state index >= 15 is 0 Å². The zero-order valence-electron chi connectivity index (χ0n) is 10.0. The summed E-state index contributed by atoms with van der Waals surface area (Å²) in [6, 6.07) is 0. The summed E-state index contributed by atoms with van der Waals surface area (Å²) in [6.45, 7) is 2.74. The maximum atomic E-state index is 9.78. The van der Waals surface area contributed by atoms with Crippen LogP contribution in [0.5, 0.6) is 0 Å². The highest BCUT2D eigenvalue weighted by Gasteiger charge is 2.40. The van der Waals surface area contributed by atoms with Gasteiger partial charge in [0.2, 0.25) is 0 Å². The highest BCUT2D eigenvalue weighted by atomic mass is 16.3. The fourth-order valence-corrected chi connectivity index (χ4v) is 3.70. The van der Waals surface area contributed by atoms with Gasteiger partial charge in [0.25, 0.3) is 0 Å². The zero-order chi connectivity index (χ0) is 10.7. The van der Waals surface area contributed by atoms with Gasteiger partial charge in [0.15, 0.2) is 0 Å². The van der Waals surface area contributed by atoms with Crippen molar-refractivity contribution in [3.8, 4) is 0 Å². The minimum atomic E-state index is 0.243. The van der Waals surface area contributed by atoms with Gasteiger partial charge >= 0.3 is 0 Å². The van der Waals surface area contributed by atoms with Crippen molar-refractivity contribution in [2.75, 3.05) is 26.7 Å². The van der Waals surface area contributed by atoms with E-state index < -0.39 is 0 Å². The van der Waals surface area contributed by atoms with Gasteiger partial charge in [0.05, 0.1) is 6.61 Å². The van der Waals surface area contributed by atoms with E-state index in [1.54, 1.807) is 0 Å². The van der Waals surface area contributed by atoms with Gasteiger partial charge in [-0.3, -0.25) is 0 Å². The van der Waals surface area contributed by atoms with Gasteiger partial charge in [-0.2, -0.15) is 0 Å². The van der Waals surface area contributed by atoms with E-state index in [4.69, 9.17) is 0 Å². The second kappa shape index (κ2) is 4.84. The number of aliphatic hydroxyl groups excluding tert-OH is 1. The normalized spacial score (nSPS) is 35.6. The number of hydrogen-bond donors (Lipinski definition) is 1. The molecular weight excluding hydrogens is 186 g/mol. The fourth-order valence-electron chi connectivity index (χ4n) is 3.70. The maximum absolute atomic E-state index is 9.78. The molecule has 2 fully saturated rings. The third kappa shape index (κ3) is 2.36. The van der Waals surface area contributed by atoms with Gasteiger partial charge in [0.1, 0.15) is 0 Å². The Morgan fingerprint density at radius 1 is 1.20 bits per heavy atom. The molecule has 0 aromatic carbocycles. The molecule has 1 saturated heterocycles. The van der Waals surface area contributed by atoms with Crippen molar-refractivity contribution in [3.05, 3.63) is 0 Å². The van der Waals surface area contributed by atoms with Crippen LogP contribution in [0.2, 0.25) is 0 Å². The number of aliphatic hydroxyl groups is 1. The average Bonchev–Trinajstić information content (AvgIpc) is 2.30. The Hall–Kier alpha value is -0.0800. The minimum absolute atomic E-state index is 0.243. The summed E-state index contributed by atoms with van der Waals surface area (Å²) in [5.41, 5.74) is 0.243. The largest absolute Gasteiger partial charge is 0.396 e. The van der Waals surface area contributed by atoms with Crippen LogP contribution in [-0.2, 0) is 0 Å². The molecule has 2 rings (SSSR count). The van der Waals surface area contributed by atoms with Gasteiger partial charge in [-0.25, -0.2) is 0 Å². The average molecular weight is 211 g/mol. The summed E-state index contributed by atoms with van der Waals surface area (Å²) < 4.78 is 0. The quantitative estimate of drug-likeness (QED) is 0.757. The Morgan fingerprint density at radius 3 is 2.53 bits per heavy atom. The molecule has 1 saturated carbocycles. The molecule has 1 aliphatic heterocycles. The Bertz CT molecular complexity index is 201. The van der Waals surface area contributed by atoms with Gasteiger partial charge < -0.3 is 10.0 Å². The summed E-state index contributed by atoms with van der Waals surface area (Å²) in [4.78, 5) is 2.41. The first-order chi connectivity index (χ1) is 7.27. The second-order valence-corrected chi connectivity index (χ2v) is 5.70. The number of piperidine rings is 1. The molecule has 0 radical (unpaired) electrons. The first-order valence-corrected chi connectivity index (χ1v) is 6.56. The maximum Gasteiger partial charge on any atom is 0.0502 e. The summed E-state index contributed by atoms with van der Waals surface area (Å²) in [6.07, 6.45) is 9.41. The molecule has 15 heavy (non-hydrogen) atoms. The van der Waals surface area contributed by atoms with Crippen LogP contribution >= 0.6 is 0 Å². The number of rotatable bonds is 2. The van der Waals surface area contributed by atoms with Crippen LogP contribution in [0.25, 0.3) is 0 Å². The molecule has 1 atom stereocenters. The van der Waals surface area contributed by atoms with Crippen LogP contribution in [0.1, 0.15) is 44.9 Å². The lowest BCUT2D eigenvalue weighted by Gasteiger charge is -2.47. The number of hydrogen-bond acceptors (Lipinski definition) is 2. The lowest BCUT2D eigenvalue weighted by molar-refractivity contribution is -0.0191. The van der Waals surface area contributed by atoms with E-state index in [9.17, 15) is 5.11 Å². The van der Waals surface area contributed by atoms with Crippen LogP contribution in [0.15, 0.2) is 0 Å². The van der Waals surface area contributed by atoms with E-state index in [1.807, 2.05) is 0 Å². The van der Waals surface area contributed by atoms with Crippen LogP contribution < -0.4 is 0 Å². The molecular formula is C13H25NO.